The zero-order valence-corrected chi connectivity index (χ0v) is 28.2. The van der Waals surface area contributed by atoms with Crippen LogP contribution < -0.4 is 38.5 Å². The smallest absolute Gasteiger partial charge is 0.251 e. The van der Waals surface area contributed by atoms with Gasteiger partial charge in [-0.05, 0) is 81.3 Å². The number of nitrogens with zero attached hydrogens (tertiary/aromatic N) is 1. The van der Waals surface area contributed by atoms with E-state index >= 15 is 0 Å². The second-order valence-corrected chi connectivity index (χ2v) is 11.9. The molecular weight excluding hydrogens is 636 g/mol. The largest absolute Gasteiger partial charge is 0.370 e. The Morgan fingerprint density at radius 3 is 1.90 bits per heavy atom. The van der Waals surface area contributed by atoms with Gasteiger partial charge in [0.25, 0.3) is 5.91 Å². The molecule has 0 fully saturated rings. The van der Waals surface area contributed by atoms with E-state index in [1.165, 1.54) is 0 Å². The Morgan fingerprint density at radius 2 is 1.33 bits per heavy atom. The Morgan fingerprint density at radius 1 is 0.771 bits per heavy atom. The highest BCUT2D eigenvalue weighted by Gasteiger charge is 2.30. The van der Waals surface area contributed by atoms with Gasteiger partial charge in [-0.2, -0.15) is 0 Å². The number of carbonyl (C=O) groups is 5. The van der Waals surface area contributed by atoms with Crippen LogP contribution in [-0.4, -0.2) is 73.1 Å². The minimum Gasteiger partial charge on any atom is -0.370 e. The van der Waals surface area contributed by atoms with Crippen molar-refractivity contribution in [1.82, 2.24) is 21.3 Å². The number of nitrogens with two attached hydrogens (primary N) is 3. The number of hydrogen-bond donors (Lipinski definition) is 7. The van der Waals surface area contributed by atoms with Gasteiger partial charge in [0, 0.05) is 17.1 Å². The van der Waals surface area contributed by atoms with Gasteiger partial charge in [-0.25, -0.2) is 0 Å². The number of unbranched alkanes of at least 4 members (excludes halogenated alkanes) is 2. The average Bonchev–Trinajstić information content (AvgIpc) is 3.08. The number of benzene rings is 2. The number of aliphatic imine (C=N–C) groups is 1. The van der Waals surface area contributed by atoms with Crippen LogP contribution in [0.25, 0.3) is 0 Å². The monoisotopic (exact) mass is 684 g/mol. The highest BCUT2D eigenvalue weighted by molar-refractivity contribution is 6.30. The number of guanidine groups is 1. The summed E-state index contributed by atoms with van der Waals surface area (Å²) in [4.78, 5) is 69.5. The normalized spacial score (nSPS) is 13.2. The fourth-order valence-electron chi connectivity index (χ4n) is 4.88. The maximum absolute atomic E-state index is 13.7. The Bertz CT molecular complexity index is 1340. The Labute approximate surface area is 287 Å². The van der Waals surface area contributed by atoms with E-state index in [9.17, 15) is 24.0 Å². The fourth-order valence-corrected chi connectivity index (χ4v) is 5.00. The molecule has 0 saturated carbocycles. The molecule has 0 aliphatic rings. The van der Waals surface area contributed by atoms with Crippen molar-refractivity contribution in [3.8, 4) is 0 Å². The van der Waals surface area contributed by atoms with Gasteiger partial charge in [-0.3, -0.25) is 24.2 Å². The van der Waals surface area contributed by atoms with E-state index in [4.69, 9.17) is 28.8 Å². The summed E-state index contributed by atoms with van der Waals surface area (Å²) in [5, 5.41) is 11.6. The topological polar surface area (TPSA) is 224 Å². The van der Waals surface area contributed by atoms with Gasteiger partial charge in [0.1, 0.15) is 24.4 Å². The molecule has 10 N–H and O–H groups in total. The van der Waals surface area contributed by atoms with E-state index in [1.807, 2.05) is 6.92 Å². The molecule has 14 heteroatoms. The van der Waals surface area contributed by atoms with Crippen molar-refractivity contribution in [3.63, 3.8) is 0 Å². The predicted molar refractivity (Wildman–Crippen MR) is 187 cm³/mol. The van der Waals surface area contributed by atoms with Crippen molar-refractivity contribution in [2.45, 2.75) is 88.9 Å². The maximum atomic E-state index is 13.7. The highest BCUT2D eigenvalue weighted by Crippen LogP contribution is 2.12. The van der Waals surface area contributed by atoms with Crippen molar-refractivity contribution in [2.75, 3.05) is 13.1 Å². The lowest BCUT2D eigenvalue weighted by molar-refractivity contribution is -0.133. The van der Waals surface area contributed by atoms with E-state index in [-0.39, 0.29) is 31.8 Å². The van der Waals surface area contributed by atoms with Crippen molar-refractivity contribution in [2.24, 2.45) is 22.2 Å². The molecule has 0 radical (unpaired) electrons. The Kier molecular flexibility index (Phi) is 18.3. The average molecular weight is 685 g/mol. The SMILES string of the molecule is CCCC[C@H](NC(=O)c1ccccc1)C(=O)N[C@@H](CCCCN)C(=O)N[C@@H](CCCN=C(N)N)C(=O)N[C@H](C=O)Cc1ccc(Cl)cc1. The standard InChI is InChI=1S/C34H49ClN8O5/c1-2-3-12-27(41-30(45)24-10-5-4-6-11-24)32(47)42-28(13-7-8-19-36)33(48)43-29(14-9-20-39-34(37)38)31(46)40-26(22-44)21-23-15-17-25(35)18-16-23/h4-6,10-11,15-18,22,26-29H,2-3,7-9,12-14,19-21,36H2,1H3,(H,40,46)(H,41,45)(H,42,47)(H,43,48)(H4,37,38,39)/t26-,27-,28-,29-/m0/s1. The molecule has 13 nitrogen and oxygen atoms in total. The first-order valence-corrected chi connectivity index (χ1v) is 16.7. The summed E-state index contributed by atoms with van der Waals surface area (Å²) in [6.45, 7) is 2.58. The molecule has 2 aromatic rings. The van der Waals surface area contributed by atoms with Gasteiger partial charge < -0.3 is 43.3 Å². The minimum atomic E-state index is -1.07. The minimum absolute atomic E-state index is 0.108. The zero-order chi connectivity index (χ0) is 35.3. The van der Waals surface area contributed by atoms with Crippen LogP contribution in [0, 0.1) is 0 Å². The molecule has 4 atom stereocenters. The Hall–Kier alpha value is -4.49. The van der Waals surface area contributed by atoms with Crippen molar-refractivity contribution >= 4 is 47.5 Å². The number of carbonyl (C=O) groups excluding carboxylic acids is 5. The predicted octanol–water partition coefficient (Wildman–Crippen LogP) is 1.71. The summed E-state index contributed by atoms with van der Waals surface area (Å²) in [5.41, 5.74) is 17.7. The summed E-state index contributed by atoms with van der Waals surface area (Å²) >= 11 is 5.97. The number of amides is 4. The Balaban J connectivity index is 2.23. The highest BCUT2D eigenvalue weighted by atomic mass is 35.5. The van der Waals surface area contributed by atoms with Crippen LogP contribution in [0.4, 0.5) is 0 Å². The van der Waals surface area contributed by atoms with Crippen LogP contribution in [0.3, 0.4) is 0 Å². The number of aldehydes is 1. The van der Waals surface area contributed by atoms with E-state index in [0.29, 0.717) is 55.5 Å². The molecule has 4 amide bonds. The summed E-state index contributed by atoms with van der Waals surface area (Å²) in [7, 11) is 0. The number of hydrogen-bond acceptors (Lipinski definition) is 7. The third kappa shape index (κ3) is 14.9. The van der Waals surface area contributed by atoms with Crippen LogP contribution in [0.1, 0.15) is 74.2 Å². The molecule has 0 aliphatic heterocycles. The third-order valence-corrected chi connectivity index (χ3v) is 7.78. The van der Waals surface area contributed by atoms with Crippen LogP contribution >= 0.6 is 11.6 Å². The van der Waals surface area contributed by atoms with Gasteiger partial charge in [-0.15, -0.1) is 0 Å². The van der Waals surface area contributed by atoms with E-state index < -0.39 is 47.8 Å². The molecule has 262 valence electrons. The fraction of sp³-hybridized carbons (Fsp3) is 0.471. The molecule has 0 bridgehead atoms. The quantitative estimate of drug-likeness (QED) is 0.0417. The van der Waals surface area contributed by atoms with Crippen molar-refractivity contribution in [1.29, 1.82) is 0 Å². The first kappa shape index (κ1) is 39.7. The van der Waals surface area contributed by atoms with Gasteiger partial charge in [0.05, 0.1) is 6.04 Å². The van der Waals surface area contributed by atoms with Crippen molar-refractivity contribution in [3.05, 3.63) is 70.7 Å². The lowest BCUT2D eigenvalue weighted by atomic mass is 10.0. The van der Waals surface area contributed by atoms with E-state index in [0.717, 1.165) is 12.0 Å². The molecule has 48 heavy (non-hydrogen) atoms. The van der Waals surface area contributed by atoms with E-state index in [1.54, 1.807) is 54.6 Å². The van der Waals surface area contributed by atoms with Crippen LogP contribution in [0.2, 0.25) is 5.02 Å². The summed E-state index contributed by atoms with van der Waals surface area (Å²) in [5.74, 6) is -2.20. The number of nitrogens with one attached hydrogen (secondary N) is 4. The number of halogens is 1. The number of rotatable bonds is 22. The maximum Gasteiger partial charge on any atom is 0.251 e. The van der Waals surface area contributed by atoms with Crippen LogP contribution in [-0.2, 0) is 25.6 Å². The second kappa shape index (κ2) is 22.1. The molecule has 0 aliphatic carbocycles. The van der Waals surface area contributed by atoms with E-state index in [2.05, 4.69) is 26.3 Å². The second-order valence-electron chi connectivity index (χ2n) is 11.5. The lowest BCUT2D eigenvalue weighted by Gasteiger charge is -2.26. The summed E-state index contributed by atoms with van der Waals surface area (Å²) < 4.78 is 0. The van der Waals surface area contributed by atoms with Crippen molar-refractivity contribution < 1.29 is 24.0 Å². The summed E-state index contributed by atoms with van der Waals surface area (Å²) in [6, 6.07) is 11.6. The van der Waals surface area contributed by atoms with Gasteiger partial charge in [0.2, 0.25) is 17.7 Å². The third-order valence-electron chi connectivity index (χ3n) is 7.52. The van der Waals surface area contributed by atoms with Gasteiger partial charge >= 0.3 is 0 Å². The molecule has 0 saturated heterocycles. The molecule has 0 spiro atoms. The molecule has 2 aromatic carbocycles. The molecule has 0 heterocycles. The van der Waals surface area contributed by atoms with Crippen LogP contribution in [0.5, 0.6) is 0 Å². The molecule has 2 rings (SSSR count). The first-order chi connectivity index (χ1) is 23.1. The van der Waals surface area contributed by atoms with Gasteiger partial charge in [0.15, 0.2) is 5.96 Å². The molecule has 0 aromatic heterocycles. The molecule has 0 unspecified atom stereocenters. The van der Waals surface area contributed by atoms with Gasteiger partial charge in [-0.1, -0.05) is 61.7 Å². The molecular formula is C34H49ClN8O5. The zero-order valence-electron chi connectivity index (χ0n) is 27.5. The first-order valence-electron chi connectivity index (χ1n) is 16.3. The summed E-state index contributed by atoms with van der Waals surface area (Å²) in [6.07, 6.45) is 4.55. The lowest BCUT2D eigenvalue weighted by Crippen LogP contribution is -2.57. The van der Waals surface area contributed by atoms with Crippen LogP contribution in [0.15, 0.2) is 59.6 Å².